The summed E-state index contributed by atoms with van der Waals surface area (Å²) in [6, 6.07) is 3.23. The first-order valence-electron chi connectivity index (χ1n) is 4.09. The lowest BCUT2D eigenvalue weighted by Crippen LogP contribution is -1.95. The number of aromatic nitrogens is 2. The Balaban J connectivity index is 2.46. The summed E-state index contributed by atoms with van der Waals surface area (Å²) in [4.78, 5) is 18.4. The molecule has 2 aromatic heterocycles. The summed E-state index contributed by atoms with van der Waals surface area (Å²) in [5, 5.41) is 11.2. The standard InChI is InChI=1S/C9H4Cl2N2O2S/c10-6-2-1-4(7(11)13-6)8-12-5(3-16-8)9(14)15/h1-3H,(H,14,15). The molecular formula is C9H4Cl2N2O2S. The van der Waals surface area contributed by atoms with Gasteiger partial charge >= 0.3 is 5.97 Å². The summed E-state index contributed by atoms with van der Waals surface area (Å²) in [5.41, 5.74) is 0.564. The highest BCUT2D eigenvalue weighted by molar-refractivity contribution is 7.13. The molecule has 0 aromatic carbocycles. The van der Waals surface area contributed by atoms with E-state index >= 15 is 0 Å². The van der Waals surface area contributed by atoms with Crippen molar-refractivity contribution in [2.75, 3.05) is 0 Å². The van der Waals surface area contributed by atoms with E-state index in [-0.39, 0.29) is 16.0 Å². The first-order valence-corrected chi connectivity index (χ1v) is 5.72. The summed E-state index contributed by atoms with van der Waals surface area (Å²) in [6.07, 6.45) is 0. The Kier molecular flexibility index (Phi) is 3.09. The second kappa shape index (κ2) is 4.37. The molecule has 16 heavy (non-hydrogen) atoms. The average Bonchev–Trinajstić information content (AvgIpc) is 2.66. The van der Waals surface area contributed by atoms with Gasteiger partial charge < -0.3 is 5.11 Å². The van der Waals surface area contributed by atoms with Gasteiger partial charge in [-0.2, -0.15) is 0 Å². The lowest BCUT2D eigenvalue weighted by Gasteiger charge is -1.98. The van der Waals surface area contributed by atoms with E-state index in [0.717, 1.165) is 0 Å². The van der Waals surface area contributed by atoms with Gasteiger partial charge in [-0.15, -0.1) is 11.3 Å². The Hall–Kier alpha value is -1.17. The molecule has 0 spiro atoms. The number of hydrogen-bond acceptors (Lipinski definition) is 4. The van der Waals surface area contributed by atoms with Crippen molar-refractivity contribution < 1.29 is 9.90 Å². The van der Waals surface area contributed by atoms with Crippen LogP contribution in [0.25, 0.3) is 10.6 Å². The van der Waals surface area contributed by atoms with Gasteiger partial charge in [-0.1, -0.05) is 23.2 Å². The molecule has 7 heteroatoms. The number of thiazole rings is 1. The molecule has 1 N–H and O–H groups in total. The van der Waals surface area contributed by atoms with Crippen LogP contribution in [0.1, 0.15) is 10.5 Å². The van der Waals surface area contributed by atoms with Crippen LogP contribution < -0.4 is 0 Å². The third kappa shape index (κ3) is 2.16. The monoisotopic (exact) mass is 274 g/mol. The van der Waals surface area contributed by atoms with E-state index in [1.54, 1.807) is 12.1 Å². The SMILES string of the molecule is O=C(O)c1csc(-c2ccc(Cl)nc2Cl)n1. The second-order valence-corrected chi connectivity index (χ2v) is 4.42. The molecule has 2 rings (SSSR count). The minimum atomic E-state index is -1.07. The molecule has 0 radical (unpaired) electrons. The number of pyridine rings is 1. The Labute approximate surface area is 104 Å². The Morgan fingerprint density at radius 1 is 1.31 bits per heavy atom. The Bertz CT molecular complexity index is 556. The molecule has 0 atom stereocenters. The summed E-state index contributed by atoms with van der Waals surface area (Å²) in [5.74, 6) is -1.07. The van der Waals surface area contributed by atoms with Gasteiger partial charge in [0.2, 0.25) is 0 Å². The van der Waals surface area contributed by atoms with E-state index in [9.17, 15) is 4.79 Å². The van der Waals surface area contributed by atoms with Gasteiger partial charge in [0.15, 0.2) is 5.69 Å². The number of rotatable bonds is 2. The molecule has 0 saturated carbocycles. The number of nitrogens with zero attached hydrogens (tertiary/aromatic N) is 2. The third-order valence-corrected chi connectivity index (χ3v) is 3.14. The van der Waals surface area contributed by atoms with Crippen LogP contribution in [-0.4, -0.2) is 21.0 Å². The largest absolute Gasteiger partial charge is 0.476 e. The highest BCUT2D eigenvalue weighted by Gasteiger charge is 2.13. The zero-order chi connectivity index (χ0) is 11.7. The van der Waals surface area contributed by atoms with E-state index in [2.05, 4.69) is 9.97 Å². The van der Waals surface area contributed by atoms with Gasteiger partial charge in [0.05, 0.1) is 0 Å². The molecule has 2 aromatic rings. The third-order valence-electron chi connectivity index (χ3n) is 1.77. The van der Waals surface area contributed by atoms with E-state index in [1.807, 2.05) is 0 Å². The minimum absolute atomic E-state index is 0.00832. The normalized spacial score (nSPS) is 10.4. The van der Waals surface area contributed by atoms with Crippen LogP contribution >= 0.6 is 34.5 Å². The molecule has 0 aliphatic carbocycles. The maximum atomic E-state index is 10.7. The quantitative estimate of drug-likeness (QED) is 0.855. The highest BCUT2D eigenvalue weighted by atomic mass is 35.5. The summed E-state index contributed by atoms with van der Waals surface area (Å²) in [6.45, 7) is 0. The first kappa shape index (κ1) is 11.3. The van der Waals surface area contributed by atoms with Gasteiger partial charge in [-0.25, -0.2) is 14.8 Å². The van der Waals surface area contributed by atoms with E-state index < -0.39 is 5.97 Å². The van der Waals surface area contributed by atoms with Gasteiger partial charge in [0.25, 0.3) is 0 Å². The smallest absolute Gasteiger partial charge is 0.355 e. The minimum Gasteiger partial charge on any atom is -0.476 e. The van der Waals surface area contributed by atoms with Gasteiger partial charge in [-0.3, -0.25) is 0 Å². The lowest BCUT2D eigenvalue weighted by atomic mass is 10.3. The van der Waals surface area contributed by atoms with Crippen molar-refractivity contribution >= 4 is 40.5 Å². The van der Waals surface area contributed by atoms with Crippen molar-refractivity contribution in [2.24, 2.45) is 0 Å². The fourth-order valence-corrected chi connectivity index (χ4v) is 2.38. The zero-order valence-electron chi connectivity index (χ0n) is 7.65. The predicted octanol–water partition coefficient (Wildman–Crippen LogP) is 3.21. The van der Waals surface area contributed by atoms with Crippen LogP contribution in [-0.2, 0) is 0 Å². The van der Waals surface area contributed by atoms with Crippen LogP contribution in [0.5, 0.6) is 0 Å². The number of carboxylic acid groups (broad SMARTS) is 1. The van der Waals surface area contributed by atoms with Crippen molar-refractivity contribution in [1.29, 1.82) is 0 Å². The van der Waals surface area contributed by atoms with Crippen molar-refractivity contribution in [2.45, 2.75) is 0 Å². The van der Waals surface area contributed by atoms with Crippen molar-refractivity contribution in [3.63, 3.8) is 0 Å². The van der Waals surface area contributed by atoms with Crippen molar-refractivity contribution in [3.05, 3.63) is 33.5 Å². The molecule has 0 aliphatic rings. The van der Waals surface area contributed by atoms with E-state index in [4.69, 9.17) is 28.3 Å². The topological polar surface area (TPSA) is 63.1 Å². The molecular weight excluding hydrogens is 271 g/mol. The van der Waals surface area contributed by atoms with Gasteiger partial charge in [0, 0.05) is 10.9 Å². The fourth-order valence-electron chi connectivity index (χ4n) is 1.07. The van der Waals surface area contributed by atoms with Gasteiger partial charge in [-0.05, 0) is 12.1 Å². The summed E-state index contributed by atoms with van der Waals surface area (Å²) < 4.78 is 0. The van der Waals surface area contributed by atoms with Crippen molar-refractivity contribution in [1.82, 2.24) is 9.97 Å². The second-order valence-electron chi connectivity index (χ2n) is 2.82. The zero-order valence-corrected chi connectivity index (χ0v) is 9.97. The number of hydrogen-bond donors (Lipinski definition) is 1. The van der Waals surface area contributed by atoms with Crippen LogP contribution in [0, 0.1) is 0 Å². The Morgan fingerprint density at radius 3 is 2.62 bits per heavy atom. The number of carboxylic acids is 1. The molecule has 0 saturated heterocycles. The van der Waals surface area contributed by atoms with Gasteiger partial charge in [0.1, 0.15) is 15.3 Å². The molecule has 0 unspecified atom stereocenters. The highest BCUT2D eigenvalue weighted by Crippen LogP contribution is 2.30. The van der Waals surface area contributed by atoms with Crippen LogP contribution in [0.15, 0.2) is 17.5 Å². The van der Waals surface area contributed by atoms with E-state index in [0.29, 0.717) is 10.6 Å². The molecule has 2 heterocycles. The molecule has 0 bridgehead atoms. The Morgan fingerprint density at radius 2 is 2.06 bits per heavy atom. The maximum absolute atomic E-state index is 10.7. The number of carbonyl (C=O) groups is 1. The van der Waals surface area contributed by atoms with Crippen molar-refractivity contribution in [3.8, 4) is 10.6 Å². The fraction of sp³-hybridized carbons (Fsp3) is 0. The summed E-state index contributed by atoms with van der Waals surface area (Å²) >= 11 is 12.7. The van der Waals surface area contributed by atoms with E-state index in [1.165, 1.54) is 16.7 Å². The predicted molar refractivity (Wildman–Crippen MR) is 62.3 cm³/mol. The number of aromatic carboxylic acids is 1. The molecule has 0 amide bonds. The average molecular weight is 275 g/mol. The molecule has 0 aliphatic heterocycles. The van der Waals surface area contributed by atoms with Crippen LogP contribution in [0.4, 0.5) is 0 Å². The summed E-state index contributed by atoms with van der Waals surface area (Å²) in [7, 11) is 0. The molecule has 82 valence electrons. The number of halogens is 2. The molecule has 0 fully saturated rings. The molecule has 4 nitrogen and oxygen atoms in total. The first-order chi connectivity index (χ1) is 7.58. The maximum Gasteiger partial charge on any atom is 0.355 e. The van der Waals surface area contributed by atoms with Crippen LogP contribution in [0.3, 0.4) is 0 Å². The lowest BCUT2D eigenvalue weighted by molar-refractivity contribution is 0.0691. The van der Waals surface area contributed by atoms with Crippen LogP contribution in [0.2, 0.25) is 10.3 Å².